The van der Waals surface area contributed by atoms with Crippen molar-refractivity contribution >= 4 is 34.4 Å². The lowest BCUT2D eigenvalue weighted by Crippen LogP contribution is -2.45. The van der Waals surface area contributed by atoms with E-state index in [-0.39, 0.29) is 11.7 Å². The van der Waals surface area contributed by atoms with Gasteiger partial charge in [0.2, 0.25) is 0 Å². The molecule has 8 nitrogen and oxygen atoms in total. The van der Waals surface area contributed by atoms with Crippen molar-refractivity contribution in [1.29, 1.82) is 0 Å². The third-order valence-electron chi connectivity index (χ3n) is 3.51. The summed E-state index contributed by atoms with van der Waals surface area (Å²) >= 11 is 1.30. The normalized spacial score (nSPS) is 14.7. The highest BCUT2D eigenvalue weighted by molar-refractivity contribution is 7.13. The minimum absolute atomic E-state index is 0.138. The molecule has 138 valence electrons. The summed E-state index contributed by atoms with van der Waals surface area (Å²) in [5, 5.41) is 10.1. The Morgan fingerprint density at radius 1 is 1.32 bits per heavy atom. The number of nitrogens with one attached hydrogen (secondary N) is 3. The van der Waals surface area contributed by atoms with Crippen LogP contribution in [0.5, 0.6) is 0 Å². The van der Waals surface area contributed by atoms with Crippen molar-refractivity contribution in [3.8, 4) is 0 Å². The number of carbonyl (C=O) groups is 3. The van der Waals surface area contributed by atoms with Gasteiger partial charge >= 0.3 is 12.0 Å². The predicted octanol–water partition coefficient (Wildman–Crippen LogP) is 2.13. The summed E-state index contributed by atoms with van der Waals surface area (Å²) < 4.78 is 5.06. The number of anilines is 1. The van der Waals surface area contributed by atoms with Gasteiger partial charge in [0, 0.05) is 18.0 Å². The largest absolute Gasteiger partial charge is 0.448 e. The molecule has 1 aromatic heterocycles. The van der Waals surface area contributed by atoms with Crippen molar-refractivity contribution in [2.45, 2.75) is 52.2 Å². The van der Waals surface area contributed by atoms with Crippen molar-refractivity contribution in [2.75, 3.05) is 11.9 Å². The van der Waals surface area contributed by atoms with E-state index >= 15 is 0 Å². The molecule has 1 heterocycles. The van der Waals surface area contributed by atoms with Gasteiger partial charge in [0.1, 0.15) is 0 Å². The molecule has 0 aromatic carbocycles. The maximum atomic E-state index is 12.0. The van der Waals surface area contributed by atoms with Crippen LogP contribution < -0.4 is 16.0 Å². The van der Waals surface area contributed by atoms with Gasteiger partial charge in [-0.05, 0) is 32.1 Å². The van der Waals surface area contributed by atoms with Crippen LogP contribution >= 0.6 is 11.3 Å². The van der Waals surface area contributed by atoms with E-state index in [2.05, 4.69) is 34.8 Å². The van der Waals surface area contributed by atoms with Crippen LogP contribution in [0, 0.1) is 5.92 Å². The van der Waals surface area contributed by atoms with Gasteiger partial charge in [0.25, 0.3) is 5.91 Å². The summed E-state index contributed by atoms with van der Waals surface area (Å²) in [4.78, 5) is 39.6. The van der Waals surface area contributed by atoms with E-state index in [1.165, 1.54) is 18.3 Å². The smallest absolute Gasteiger partial charge is 0.358 e. The molecular weight excluding hydrogens is 344 g/mol. The second kappa shape index (κ2) is 8.80. The van der Waals surface area contributed by atoms with Gasteiger partial charge in [-0.2, -0.15) is 0 Å². The second-order valence-electron chi connectivity index (χ2n) is 6.43. The Morgan fingerprint density at radius 3 is 2.68 bits per heavy atom. The van der Waals surface area contributed by atoms with Crippen molar-refractivity contribution < 1.29 is 19.1 Å². The molecule has 1 saturated carbocycles. The number of hydrogen-bond acceptors (Lipinski definition) is 7. The number of carbonyl (C=O) groups excluding carboxylic acids is 3. The molecule has 3 amide bonds. The fourth-order valence-corrected chi connectivity index (χ4v) is 2.56. The highest BCUT2D eigenvalue weighted by atomic mass is 32.1. The average molecular weight is 368 g/mol. The molecule has 9 heteroatoms. The van der Waals surface area contributed by atoms with Gasteiger partial charge in [-0.3, -0.25) is 10.1 Å². The maximum Gasteiger partial charge on any atom is 0.358 e. The molecule has 0 radical (unpaired) electrons. The number of imide groups is 1. The highest BCUT2D eigenvalue weighted by Gasteiger charge is 2.26. The molecule has 1 aromatic rings. The number of aromatic nitrogens is 1. The van der Waals surface area contributed by atoms with Crippen LogP contribution in [0.2, 0.25) is 0 Å². The Kier molecular flexibility index (Phi) is 6.74. The first-order valence-corrected chi connectivity index (χ1v) is 9.25. The second-order valence-corrected chi connectivity index (χ2v) is 7.29. The number of hydrogen-bond donors (Lipinski definition) is 3. The van der Waals surface area contributed by atoms with E-state index in [9.17, 15) is 14.4 Å². The van der Waals surface area contributed by atoms with Gasteiger partial charge < -0.3 is 15.4 Å². The fraction of sp³-hybridized carbons (Fsp3) is 0.625. The number of urea groups is 1. The van der Waals surface area contributed by atoms with Crippen LogP contribution in [0.3, 0.4) is 0 Å². The molecule has 1 atom stereocenters. The zero-order valence-electron chi connectivity index (χ0n) is 14.6. The van der Waals surface area contributed by atoms with Gasteiger partial charge in [-0.15, -0.1) is 11.3 Å². The lowest BCUT2D eigenvalue weighted by atomic mass is 10.1. The Morgan fingerprint density at radius 2 is 2.04 bits per heavy atom. The lowest BCUT2D eigenvalue weighted by Gasteiger charge is -2.12. The lowest BCUT2D eigenvalue weighted by molar-refractivity contribution is -0.127. The first kappa shape index (κ1) is 19.2. The van der Waals surface area contributed by atoms with Gasteiger partial charge in [0.15, 0.2) is 16.9 Å². The Hall–Kier alpha value is -2.16. The number of thiazole rings is 1. The Bertz CT molecular complexity index is 627. The van der Waals surface area contributed by atoms with Crippen LogP contribution in [0.1, 0.15) is 50.5 Å². The van der Waals surface area contributed by atoms with E-state index in [0.29, 0.717) is 11.0 Å². The van der Waals surface area contributed by atoms with Crippen LogP contribution in [-0.2, 0) is 9.53 Å². The predicted molar refractivity (Wildman–Crippen MR) is 94.6 cm³/mol. The molecule has 25 heavy (non-hydrogen) atoms. The first-order chi connectivity index (χ1) is 11.8. The molecule has 0 bridgehead atoms. The fourth-order valence-electron chi connectivity index (χ4n) is 1.85. The van der Waals surface area contributed by atoms with Crippen LogP contribution in [0.4, 0.5) is 9.93 Å². The van der Waals surface area contributed by atoms with E-state index < -0.39 is 24.0 Å². The quantitative estimate of drug-likeness (QED) is 0.607. The molecule has 2 rings (SSSR count). The van der Waals surface area contributed by atoms with Crippen LogP contribution in [-0.4, -0.2) is 41.6 Å². The number of rotatable bonds is 8. The maximum absolute atomic E-state index is 12.0. The molecule has 0 saturated heterocycles. The minimum Gasteiger partial charge on any atom is -0.448 e. The molecule has 3 N–H and O–H groups in total. The van der Waals surface area contributed by atoms with E-state index in [1.54, 1.807) is 5.38 Å². The third kappa shape index (κ3) is 6.69. The molecule has 0 aliphatic heterocycles. The molecule has 0 spiro atoms. The van der Waals surface area contributed by atoms with Crippen molar-refractivity contribution in [3.63, 3.8) is 0 Å². The summed E-state index contributed by atoms with van der Waals surface area (Å²) in [5.41, 5.74) is 0.138. The van der Waals surface area contributed by atoms with E-state index in [0.717, 1.165) is 25.8 Å². The van der Waals surface area contributed by atoms with Gasteiger partial charge in [-0.25, -0.2) is 14.6 Å². The first-order valence-electron chi connectivity index (χ1n) is 8.37. The summed E-state index contributed by atoms with van der Waals surface area (Å²) in [5.74, 6) is -0.788. The summed E-state index contributed by atoms with van der Waals surface area (Å²) in [6.45, 7) is 6.44. The highest BCUT2D eigenvalue weighted by Crippen LogP contribution is 2.18. The van der Waals surface area contributed by atoms with E-state index in [1.807, 2.05) is 0 Å². The third-order valence-corrected chi connectivity index (χ3v) is 4.31. The molecule has 1 fully saturated rings. The standard InChI is InChI=1S/C16H24N4O4S/c1-9(2)6-7-17-16-19-12(8-25-16)14(22)24-10(3)13(21)20-15(23)18-11-4-5-11/h8-11H,4-7H2,1-3H3,(H,17,19)(H2,18,20,21,23). The van der Waals surface area contributed by atoms with E-state index in [4.69, 9.17) is 4.74 Å². The van der Waals surface area contributed by atoms with Crippen molar-refractivity contribution in [3.05, 3.63) is 11.1 Å². The summed E-state index contributed by atoms with van der Waals surface area (Å²) in [6.07, 6.45) is 1.75. The minimum atomic E-state index is -1.09. The monoisotopic (exact) mass is 368 g/mol. The van der Waals surface area contributed by atoms with Crippen LogP contribution in [0.15, 0.2) is 5.38 Å². The Labute approximate surface area is 150 Å². The number of amides is 3. The number of nitrogens with zero attached hydrogens (tertiary/aromatic N) is 1. The summed E-state index contributed by atoms with van der Waals surface area (Å²) in [7, 11) is 0. The van der Waals surface area contributed by atoms with Crippen molar-refractivity contribution in [1.82, 2.24) is 15.6 Å². The topological polar surface area (TPSA) is 109 Å². The zero-order chi connectivity index (χ0) is 18.4. The van der Waals surface area contributed by atoms with Crippen LogP contribution in [0.25, 0.3) is 0 Å². The molecular formula is C16H24N4O4S. The average Bonchev–Trinajstić information content (AvgIpc) is 3.21. The Balaban J connectivity index is 1.76. The van der Waals surface area contributed by atoms with Gasteiger partial charge in [0.05, 0.1) is 0 Å². The van der Waals surface area contributed by atoms with Gasteiger partial charge in [-0.1, -0.05) is 13.8 Å². The molecule has 1 aliphatic carbocycles. The number of ether oxygens (including phenoxy) is 1. The molecule has 1 unspecified atom stereocenters. The number of esters is 1. The summed E-state index contributed by atoms with van der Waals surface area (Å²) in [6, 6.07) is -0.428. The van der Waals surface area contributed by atoms with Crippen molar-refractivity contribution in [2.24, 2.45) is 5.92 Å². The SMILES string of the molecule is CC(C)CCNc1nc(C(=O)OC(C)C(=O)NC(=O)NC2CC2)cs1. The zero-order valence-corrected chi connectivity index (χ0v) is 15.4. The molecule has 1 aliphatic rings.